The number of nitrogens with zero attached hydrogens (tertiary/aromatic N) is 2. The monoisotopic (exact) mass is 395 g/mol. The molecule has 3 rings (SSSR count). The minimum Gasteiger partial charge on any atom is -0.411 e. The number of rotatable bonds is 8. The van der Waals surface area contributed by atoms with Crippen molar-refractivity contribution in [2.24, 2.45) is 0 Å². The van der Waals surface area contributed by atoms with E-state index in [-0.39, 0.29) is 17.4 Å². The second-order valence-electron chi connectivity index (χ2n) is 6.40. The Morgan fingerprint density at radius 2 is 1.79 bits per heavy atom. The van der Waals surface area contributed by atoms with E-state index in [9.17, 15) is 9.59 Å². The van der Waals surface area contributed by atoms with Crippen molar-refractivity contribution in [3.63, 3.8) is 0 Å². The highest BCUT2D eigenvalue weighted by Crippen LogP contribution is 2.25. The number of benzene rings is 2. The van der Waals surface area contributed by atoms with Crippen LogP contribution < -0.4 is 5.32 Å². The molecule has 3 aromatic rings. The number of nitrogens with one attached hydrogen (secondary N) is 1. The third kappa shape index (κ3) is 5.29. The van der Waals surface area contributed by atoms with E-state index >= 15 is 0 Å². The number of Topliss-reactive ketones (excluding diaryl/α,β-unsaturated/α-hetero) is 1. The van der Waals surface area contributed by atoms with Gasteiger partial charge in [-0.25, -0.2) is 0 Å². The number of carbonyl (C=O) groups excluding carboxylic acids is 2. The maximum Gasteiger partial charge on any atom is 0.277 e. The molecule has 1 aromatic heterocycles. The summed E-state index contributed by atoms with van der Waals surface area (Å²) in [4.78, 5) is 24.2. The van der Waals surface area contributed by atoms with Crippen LogP contribution in [0.5, 0.6) is 0 Å². The SMILES string of the molecule is CC(=O)[C@@H](Cc1ccccc1)NC(=O)CSc1nnc(-c2ccccc2C)o1. The van der Waals surface area contributed by atoms with Crippen LogP contribution >= 0.6 is 11.8 Å². The number of aryl methyl sites for hydroxylation is 1. The van der Waals surface area contributed by atoms with E-state index in [1.165, 1.54) is 6.92 Å². The largest absolute Gasteiger partial charge is 0.411 e. The maximum absolute atomic E-state index is 12.3. The Bertz CT molecular complexity index is 956. The van der Waals surface area contributed by atoms with E-state index in [2.05, 4.69) is 15.5 Å². The molecule has 0 fully saturated rings. The molecule has 1 amide bonds. The first-order valence-corrected chi connectivity index (χ1v) is 9.87. The zero-order valence-corrected chi connectivity index (χ0v) is 16.5. The number of amides is 1. The molecule has 1 heterocycles. The van der Waals surface area contributed by atoms with Crippen molar-refractivity contribution >= 4 is 23.5 Å². The van der Waals surface area contributed by atoms with Gasteiger partial charge in [-0.05, 0) is 37.5 Å². The third-order valence-corrected chi connectivity index (χ3v) is 5.04. The van der Waals surface area contributed by atoms with Crippen molar-refractivity contribution in [3.8, 4) is 11.5 Å². The Morgan fingerprint density at radius 1 is 1.07 bits per heavy atom. The lowest BCUT2D eigenvalue weighted by atomic mass is 10.0. The van der Waals surface area contributed by atoms with Crippen LogP contribution in [0.3, 0.4) is 0 Å². The highest BCUT2D eigenvalue weighted by atomic mass is 32.2. The highest BCUT2D eigenvalue weighted by Gasteiger charge is 2.19. The maximum atomic E-state index is 12.3. The van der Waals surface area contributed by atoms with Gasteiger partial charge < -0.3 is 9.73 Å². The minimum absolute atomic E-state index is 0.0816. The standard InChI is InChI=1S/C21H21N3O3S/c1-14-8-6-7-11-17(14)20-23-24-21(27-20)28-13-19(26)22-18(15(2)25)12-16-9-4-3-5-10-16/h3-11,18H,12-13H2,1-2H3,(H,22,26)/t18-/m1/s1. The molecule has 6 nitrogen and oxygen atoms in total. The first-order chi connectivity index (χ1) is 13.5. The van der Waals surface area contributed by atoms with Crippen LogP contribution in [-0.4, -0.2) is 33.7 Å². The van der Waals surface area contributed by atoms with Crippen LogP contribution in [0.1, 0.15) is 18.1 Å². The molecule has 0 bridgehead atoms. The summed E-state index contributed by atoms with van der Waals surface area (Å²) in [5.74, 6) is 0.179. The molecule has 0 saturated carbocycles. The van der Waals surface area contributed by atoms with Crippen molar-refractivity contribution in [1.29, 1.82) is 0 Å². The topological polar surface area (TPSA) is 85.1 Å². The predicted octanol–water partition coefficient (Wildman–Crippen LogP) is 3.45. The zero-order chi connectivity index (χ0) is 19.9. The number of hydrogen-bond donors (Lipinski definition) is 1. The third-order valence-electron chi connectivity index (χ3n) is 4.22. The van der Waals surface area contributed by atoms with Crippen LogP contribution in [0.25, 0.3) is 11.5 Å². The Labute approximate surface area is 167 Å². The summed E-state index contributed by atoms with van der Waals surface area (Å²) in [5, 5.41) is 11.1. The van der Waals surface area contributed by atoms with Gasteiger partial charge >= 0.3 is 0 Å². The predicted molar refractivity (Wildman–Crippen MR) is 108 cm³/mol. The molecular formula is C21H21N3O3S. The molecule has 0 saturated heterocycles. The second kappa shape index (κ2) is 9.32. The lowest BCUT2D eigenvalue weighted by Crippen LogP contribution is -2.42. The fourth-order valence-corrected chi connectivity index (χ4v) is 3.27. The van der Waals surface area contributed by atoms with Crippen LogP contribution in [0.15, 0.2) is 64.2 Å². The fourth-order valence-electron chi connectivity index (χ4n) is 2.70. The number of carbonyl (C=O) groups is 2. The van der Waals surface area contributed by atoms with Crippen LogP contribution in [0, 0.1) is 6.92 Å². The normalized spacial score (nSPS) is 11.8. The summed E-state index contributed by atoms with van der Waals surface area (Å²) in [6, 6.07) is 16.8. The molecule has 144 valence electrons. The average Bonchev–Trinajstić information content (AvgIpc) is 3.16. The number of ketones is 1. The van der Waals surface area contributed by atoms with Crippen molar-refractivity contribution in [2.75, 3.05) is 5.75 Å². The van der Waals surface area contributed by atoms with E-state index in [4.69, 9.17) is 4.42 Å². The quantitative estimate of drug-likeness (QED) is 0.588. The number of thioether (sulfide) groups is 1. The molecular weight excluding hydrogens is 374 g/mol. The van der Waals surface area contributed by atoms with Crippen LogP contribution in [-0.2, 0) is 16.0 Å². The molecule has 0 aliphatic carbocycles. The van der Waals surface area contributed by atoms with Gasteiger partial charge in [0.25, 0.3) is 5.22 Å². The molecule has 28 heavy (non-hydrogen) atoms. The number of aromatic nitrogens is 2. The van der Waals surface area contributed by atoms with Gasteiger partial charge in [0.1, 0.15) is 0 Å². The summed E-state index contributed by atoms with van der Waals surface area (Å²) in [6.45, 7) is 3.45. The molecule has 0 aliphatic heterocycles. The molecule has 2 aromatic carbocycles. The fraction of sp³-hybridized carbons (Fsp3) is 0.238. The molecule has 0 unspecified atom stereocenters. The highest BCUT2D eigenvalue weighted by molar-refractivity contribution is 7.99. The molecule has 1 N–H and O–H groups in total. The van der Waals surface area contributed by atoms with Gasteiger partial charge in [-0.1, -0.05) is 60.3 Å². The Balaban J connectivity index is 1.56. The summed E-state index contributed by atoms with van der Waals surface area (Å²) in [5.41, 5.74) is 2.90. The van der Waals surface area contributed by atoms with E-state index in [1.807, 2.05) is 61.5 Å². The van der Waals surface area contributed by atoms with Gasteiger partial charge in [0, 0.05) is 5.56 Å². The molecule has 1 atom stereocenters. The van der Waals surface area contributed by atoms with Crippen LogP contribution in [0.2, 0.25) is 0 Å². The second-order valence-corrected chi connectivity index (χ2v) is 7.32. The first kappa shape index (κ1) is 19.8. The van der Waals surface area contributed by atoms with Gasteiger partial charge in [0.15, 0.2) is 5.78 Å². The van der Waals surface area contributed by atoms with E-state index in [0.29, 0.717) is 17.5 Å². The number of hydrogen-bond acceptors (Lipinski definition) is 6. The Kier molecular flexibility index (Phi) is 6.60. The van der Waals surface area contributed by atoms with Crippen molar-refractivity contribution in [3.05, 3.63) is 65.7 Å². The summed E-state index contributed by atoms with van der Waals surface area (Å²) >= 11 is 1.15. The van der Waals surface area contributed by atoms with Gasteiger partial charge in [-0.3, -0.25) is 9.59 Å². The lowest BCUT2D eigenvalue weighted by Gasteiger charge is -2.15. The molecule has 7 heteroatoms. The van der Waals surface area contributed by atoms with Crippen LogP contribution in [0.4, 0.5) is 0 Å². The zero-order valence-electron chi connectivity index (χ0n) is 15.7. The van der Waals surface area contributed by atoms with Gasteiger partial charge in [-0.15, -0.1) is 10.2 Å². The Morgan fingerprint density at radius 3 is 2.50 bits per heavy atom. The van der Waals surface area contributed by atoms with E-state index in [0.717, 1.165) is 28.5 Å². The van der Waals surface area contributed by atoms with Crippen molar-refractivity contribution in [2.45, 2.75) is 31.5 Å². The smallest absolute Gasteiger partial charge is 0.277 e. The summed E-state index contributed by atoms with van der Waals surface area (Å²) in [6.07, 6.45) is 0.463. The minimum atomic E-state index is -0.555. The van der Waals surface area contributed by atoms with Gasteiger partial charge in [-0.2, -0.15) is 0 Å². The van der Waals surface area contributed by atoms with E-state index in [1.54, 1.807) is 0 Å². The van der Waals surface area contributed by atoms with E-state index < -0.39 is 6.04 Å². The molecule has 0 spiro atoms. The summed E-state index contributed by atoms with van der Waals surface area (Å²) in [7, 11) is 0. The van der Waals surface area contributed by atoms with Gasteiger partial charge in [0.05, 0.1) is 11.8 Å². The van der Waals surface area contributed by atoms with Gasteiger partial charge in [0.2, 0.25) is 11.8 Å². The Hall–Kier alpha value is -2.93. The first-order valence-electron chi connectivity index (χ1n) is 8.89. The van der Waals surface area contributed by atoms with Crippen molar-refractivity contribution < 1.29 is 14.0 Å². The average molecular weight is 395 g/mol. The summed E-state index contributed by atoms with van der Waals surface area (Å²) < 4.78 is 5.64. The van der Waals surface area contributed by atoms with Crippen molar-refractivity contribution in [1.82, 2.24) is 15.5 Å². The lowest BCUT2D eigenvalue weighted by molar-refractivity contribution is -0.125. The molecule has 0 aliphatic rings. The molecule has 0 radical (unpaired) electrons.